The summed E-state index contributed by atoms with van der Waals surface area (Å²) in [4.78, 5) is 16.3. The molecule has 128 valence electrons. The van der Waals surface area contributed by atoms with E-state index in [4.69, 9.17) is 9.47 Å². The van der Waals surface area contributed by atoms with Crippen LogP contribution in [-0.4, -0.2) is 29.9 Å². The van der Waals surface area contributed by atoms with Gasteiger partial charge in [-0.15, -0.1) is 11.3 Å². The monoisotopic (exact) mass is 364 g/mol. The average Bonchev–Trinajstić information content (AvgIpc) is 3.02. The maximum absolute atomic E-state index is 11.9. The van der Waals surface area contributed by atoms with Gasteiger partial charge in [-0.25, -0.2) is 4.98 Å². The number of amides is 1. The number of aryl methyl sites for hydroxylation is 1. The number of nitrogens with one attached hydrogen (secondary N) is 1. The molecule has 2 aromatic rings. The Bertz CT molecular complexity index is 703. The fourth-order valence-electron chi connectivity index (χ4n) is 2.30. The lowest BCUT2D eigenvalue weighted by Gasteiger charge is -2.19. The Morgan fingerprint density at radius 2 is 2.17 bits per heavy atom. The number of fused-ring (bicyclic) bond motifs is 1. The molecule has 1 aliphatic heterocycles. The van der Waals surface area contributed by atoms with Gasteiger partial charge in [-0.05, 0) is 24.6 Å². The zero-order valence-corrected chi connectivity index (χ0v) is 15.2. The van der Waals surface area contributed by atoms with E-state index in [-0.39, 0.29) is 5.91 Å². The normalized spacial score (nSPS) is 12.9. The Morgan fingerprint density at radius 3 is 2.96 bits per heavy atom. The third kappa shape index (κ3) is 4.88. The highest BCUT2D eigenvalue weighted by Gasteiger charge is 2.12. The predicted octanol–water partition coefficient (Wildman–Crippen LogP) is 3.16. The minimum atomic E-state index is 0.0619. The number of carbonyl (C=O) groups excluding carboxylic acids is 1. The first-order valence-corrected chi connectivity index (χ1v) is 9.88. The van der Waals surface area contributed by atoms with Crippen LogP contribution < -0.4 is 14.8 Å². The van der Waals surface area contributed by atoms with Gasteiger partial charge in [0.15, 0.2) is 11.5 Å². The van der Waals surface area contributed by atoms with Crippen LogP contribution in [-0.2, 0) is 17.1 Å². The Hall–Kier alpha value is -1.73. The molecule has 0 saturated heterocycles. The van der Waals surface area contributed by atoms with Crippen LogP contribution in [0.2, 0.25) is 0 Å². The second-order valence-electron chi connectivity index (χ2n) is 5.42. The summed E-state index contributed by atoms with van der Waals surface area (Å²) in [5.74, 6) is 3.24. The smallest absolute Gasteiger partial charge is 0.221 e. The lowest BCUT2D eigenvalue weighted by Crippen LogP contribution is -2.23. The molecule has 0 spiro atoms. The summed E-state index contributed by atoms with van der Waals surface area (Å²) in [5.41, 5.74) is 2.11. The molecule has 5 nitrogen and oxygen atoms in total. The van der Waals surface area contributed by atoms with Crippen LogP contribution in [0.15, 0.2) is 23.6 Å². The van der Waals surface area contributed by atoms with E-state index in [0.29, 0.717) is 26.2 Å². The molecule has 0 aliphatic carbocycles. The molecular formula is C17H20N2O3S2. The summed E-state index contributed by atoms with van der Waals surface area (Å²) in [6.45, 7) is 3.66. The van der Waals surface area contributed by atoms with Crippen molar-refractivity contribution in [2.24, 2.45) is 0 Å². The van der Waals surface area contributed by atoms with Gasteiger partial charge in [0.1, 0.15) is 13.2 Å². The summed E-state index contributed by atoms with van der Waals surface area (Å²) in [6, 6.07) is 5.77. The highest BCUT2D eigenvalue weighted by atomic mass is 32.2. The third-order valence-electron chi connectivity index (χ3n) is 3.49. The SMILES string of the molecule is Cc1nc(CSCCC(=O)NCc2ccc3c(c2)OCCO3)cs1. The first kappa shape index (κ1) is 17.1. The van der Waals surface area contributed by atoms with Crippen molar-refractivity contribution in [3.8, 4) is 11.5 Å². The van der Waals surface area contributed by atoms with Crippen LogP contribution in [0.1, 0.15) is 22.7 Å². The Morgan fingerprint density at radius 1 is 1.33 bits per heavy atom. The lowest BCUT2D eigenvalue weighted by molar-refractivity contribution is -0.120. The number of hydrogen-bond donors (Lipinski definition) is 1. The van der Waals surface area contributed by atoms with E-state index in [1.54, 1.807) is 23.1 Å². The molecule has 0 fully saturated rings. The molecule has 1 aliphatic rings. The molecule has 1 aromatic heterocycles. The minimum absolute atomic E-state index is 0.0619. The molecule has 24 heavy (non-hydrogen) atoms. The van der Waals surface area contributed by atoms with Crippen LogP contribution in [0, 0.1) is 6.92 Å². The second-order valence-corrected chi connectivity index (χ2v) is 7.58. The van der Waals surface area contributed by atoms with Crippen molar-refractivity contribution in [2.45, 2.75) is 25.6 Å². The highest BCUT2D eigenvalue weighted by Crippen LogP contribution is 2.30. The largest absolute Gasteiger partial charge is 0.486 e. The van der Waals surface area contributed by atoms with Crippen LogP contribution in [0.25, 0.3) is 0 Å². The van der Waals surface area contributed by atoms with Gasteiger partial charge in [-0.1, -0.05) is 6.07 Å². The third-order valence-corrected chi connectivity index (χ3v) is 5.30. The first-order valence-electron chi connectivity index (χ1n) is 7.85. The van der Waals surface area contributed by atoms with Gasteiger partial charge in [-0.3, -0.25) is 4.79 Å². The molecule has 3 rings (SSSR count). The minimum Gasteiger partial charge on any atom is -0.486 e. The van der Waals surface area contributed by atoms with Crippen LogP contribution in [0.4, 0.5) is 0 Å². The van der Waals surface area contributed by atoms with E-state index in [9.17, 15) is 4.79 Å². The lowest BCUT2D eigenvalue weighted by atomic mass is 10.2. The number of rotatable bonds is 7. The predicted molar refractivity (Wildman–Crippen MR) is 96.9 cm³/mol. The maximum atomic E-state index is 11.9. The van der Waals surface area contributed by atoms with Gasteiger partial charge >= 0.3 is 0 Å². The Kier molecular flexibility index (Phi) is 5.98. The van der Waals surface area contributed by atoms with Gasteiger partial charge in [0.25, 0.3) is 0 Å². The summed E-state index contributed by atoms with van der Waals surface area (Å²) in [5, 5.41) is 6.11. The summed E-state index contributed by atoms with van der Waals surface area (Å²) < 4.78 is 11.0. The number of carbonyl (C=O) groups is 1. The average molecular weight is 364 g/mol. The molecule has 0 radical (unpaired) electrons. The molecule has 1 N–H and O–H groups in total. The van der Waals surface area contributed by atoms with Crippen LogP contribution >= 0.6 is 23.1 Å². The van der Waals surface area contributed by atoms with E-state index in [1.165, 1.54) is 0 Å². The first-order chi connectivity index (χ1) is 11.7. The van der Waals surface area contributed by atoms with Gasteiger partial charge in [0, 0.05) is 29.9 Å². The summed E-state index contributed by atoms with van der Waals surface area (Å²) in [7, 11) is 0. The molecule has 0 saturated carbocycles. The van der Waals surface area contributed by atoms with Crippen LogP contribution in [0.5, 0.6) is 11.5 Å². The number of benzene rings is 1. The van der Waals surface area contributed by atoms with Crippen molar-refractivity contribution < 1.29 is 14.3 Å². The van der Waals surface area contributed by atoms with Gasteiger partial charge in [0.05, 0.1) is 10.7 Å². The number of thiazole rings is 1. The second kappa shape index (κ2) is 8.39. The summed E-state index contributed by atoms with van der Waals surface area (Å²) >= 11 is 3.40. The van der Waals surface area contributed by atoms with Crippen molar-refractivity contribution in [1.29, 1.82) is 0 Å². The Labute approximate surface area is 149 Å². The fraction of sp³-hybridized carbons (Fsp3) is 0.412. The number of nitrogens with zero attached hydrogens (tertiary/aromatic N) is 1. The van der Waals surface area contributed by atoms with Crippen molar-refractivity contribution in [1.82, 2.24) is 10.3 Å². The number of hydrogen-bond acceptors (Lipinski definition) is 6. The van der Waals surface area contributed by atoms with Crippen molar-refractivity contribution in [3.05, 3.63) is 39.8 Å². The van der Waals surface area contributed by atoms with Gasteiger partial charge in [-0.2, -0.15) is 11.8 Å². The zero-order chi connectivity index (χ0) is 16.8. The molecule has 1 amide bonds. The molecular weight excluding hydrogens is 344 g/mol. The van der Waals surface area contributed by atoms with E-state index < -0.39 is 0 Å². The Balaban J connectivity index is 1.36. The topological polar surface area (TPSA) is 60.5 Å². The fourth-order valence-corrected chi connectivity index (χ4v) is 3.85. The number of aromatic nitrogens is 1. The highest BCUT2D eigenvalue weighted by molar-refractivity contribution is 7.98. The molecule has 2 heterocycles. The number of ether oxygens (including phenoxy) is 2. The number of thioether (sulfide) groups is 1. The standard InChI is InChI=1S/C17H20N2O3S2/c1-12-19-14(11-24-12)10-23-7-4-17(20)18-9-13-2-3-15-16(8-13)22-6-5-21-15/h2-3,8,11H,4-7,9-10H2,1H3,(H,18,20). The zero-order valence-electron chi connectivity index (χ0n) is 13.5. The molecule has 0 atom stereocenters. The van der Waals surface area contributed by atoms with Crippen molar-refractivity contribution >= 4 is 29.0 Å². The van der Waals surface area contributed by atoms with E-state index in [0.717, 1.165) is 39.3 Å². The van der Waals surface area contributed by atoms with E-state index in [1.807, 2.05) is 25.1 Å². The van der Waals surface area contributed by atoms with Crippen LogP contribution in [0.3, 0.4) is 0 Å². The molecule has 0 bridgehead atoms. The van der Waals surface area contributed by atoms with Gasteiger partial charge < -0.3 is 14.8 Å². The maximum Gasteiger partial charge on any atom is 0.221 e. The van der Waals surface area contributed by atoms with E-state index in [2.05, 4.69) is 15.7 Å². The summed E-state index contributed by atoms with van der Waals surface area (Å²) in [6.07, 6.45) is 0.512. The van der Waals surface area contributed by atoms with E-state index >= 15 is 0 Å². The van der Waals surface area contributed by atoms with Crippen molar-refractivity contribution in [2.75, 3.05) is 19.0 Å². The van der Waals surface area contributed by atoms with Crippen molar-refractivity contribution in [3.63, 3.8) is 0 Å². The van der Waals surface area contributed by atoms with Gasteiger partial charge in [0.2, 0.25) is 5.91 Å². The molecule has 0 unspecified atom stereocenters. The quantitative estimate of drug-likeness (QED) is 0.765. The molecule has 1 aromatic carbocycles. The molecule has 7 heteroatoms.